The van der Waals surface area contributed by atoms with Crippen LogP contribution >= 0.6 is 12.4 Å². The van der Waals surface area contributed by atoms with Crippen molar-refractivity contribution in [2.24, 2.45) is 11.1 Å². The van der Waals surface area contributed by atoms with Gasteiger partial charge >= 0.3 is 0 Å². The number of fused-ring (bicyclic) bond motifs is 1. The largest absolute Gasteiger partial charge is 0.390 e. The fourth-order valence-corrected chi connectivity index (χ4v) is 4.33. The molecular formula is C27H39ClN4O4. The zero-order valence-corrected chi connectivity index (χ0v) is 22.1. The maximum atomic E-state index is 13.3. The number of aliphatic hydroxyl groups is 1. The van der Waals surface area contributed by atoms with Crippen molar-refractivity contribution >= 4 is 40.9 Å². The lowest BCUT2D eigenvalue weighted by Crippen LogP contribution is -2.55. The molecule has 36 heavy (non-hydrogen) atoms. The number of hydrogen-bond donors (Lipinski definition) is 4. The molecule has 3 rings (SSSR count). The number of aliphatic hydroxyl groups excluding tert-OH is 1. The molecule has 1 aliphatic rings. The Hall–Kier alpha value is -2.68. The topological polar surface area (TPSA) is 125 Å². The fraction of sp³-hybridized carbons (Fsp3) is 0.519. The lowest BCUT2D eigenvalue weighted by Gasteiger charge is -2.32. The van der Waals surface area contributed by atoms with Gasteiger partial charge in [0.15, 0.2) is 0 Å². The molecule has 0 bridgehead atoms. The average molecular weight is 519 g/mol. The zero-order valence-electron chi connectivity index (χ0n) is 21.3. The normalized spacial score (nSPS) is 17.2. The summed E-state index contributed by atoms with van der Waals surface area (Å²) in [5.41, 5.74) is 5.80. The summed E-state index contributed by atoms with van der Waals surface area (Å²) in [6, 6.07) is 12.4. The van der Waals surface area contributed by atoms with Gasteiger partial charge in [0.1, 0.15) is 12.1 Å². The molecule has 2 aromatic carbocycles. The molecule has 0 saturated carbocycles. The van der Waals surface area contributed by atoms with E-state index in [4.69, 9.17) is 5.73 Å². The Morgan fingerprint density at radius 3 is 2.53 bits per heavy atom. The number of nitrogens with two attached hydrogens (primary N) is 1. The number of rotatable bonds is 10. The lowest BCUT2D eigenvalue weighted by molar-refractivity contribution is -0.146. The van der Waals surface area contributed by atoms with Crippen LogP contribution in [0.3, 0.4) is 0 Å². The lowest BCUT2D eigenvalue weighted by atomic mass is 9.88. The van der Waals surface area contributed by atoms with Crippen molar-refractivity contribution in [3.63, 3.8) is 0 Å². The predicted molar refractivity (Wildman–Crippen MR) is 144 cm³/mol. The van der Waals surface area contributed by atoms with Gasteiger partial charge in [-0.2, -0.15) is 0 Å². The highest BCUT2D eigenvalue weighted by Gasteiger charge is 2.40. The number of nitrogens with one attached hydrogen (secondary N) is 2. The molecule has 2 aromatic rings. The first-order valence-electron chi connectivity index (χ1n) is 12.4. The van der Waals surface area contributed by atoms with Gasteiger partial charge in [-0.3, -0.25) is 14.4 Å². The summed E-state index contributed by atoms with van der Waals surface area (Å²) in [6.45, 7) is 6.29. The molecule has 0 spiro atoms. The Kier molecular flexibility index (Phi) is 10.7. The molecule has 8 nitrogen and oxygen atoms in total. The van der Waals surface area contributed by atoms with Gasteiger partial charge in [-0.25, -0.2) is 0 Å². The summed E-state index contributed by atoms with van der Waals surface area (Å²) in [5, 5.41) is 17.5. The molecule has 3 amide bonds. The summed E-state index contributed by atoms with van der Waals surface area (Å²) in [7, 11) is 0. The van der Waals surface area contributed by atoms with Crippen molar-refractivity contribution in [1.29, 1.82) is 0 Å². The van der Waals surface area contributed by atoms with E-state index in [1.165, 1.54) is 0 Å². The quantitative estimate of drug-likeness (QED) is 0.383. The number of carbonyl (C=O) groups is 3. The number of amides is 3. The molecule has 1 heterocycles. The van der Waals surface area contributed by atoms with Crippen molar-refractivity contribution < 1.29 is 19.5 Å². The third-order valence-corrected chi connectivity index (χ3v) is 6.95. The van der Waals surface area contributed by atoms with Gasteiger partial charge in [-0.05, 0) is 35.6 Å². The second-order valence-electron chi connectivity index (χ2n) is 9.98. The van der Waals surface area contributed by atoms with Crippen LogP contribution in [0.25, 0.3) is 10.8 Å². The monoisotopic (exact) mass is 518 g/mol. The molecule has 1 unspecified atom stereocenters. The molecular weight excluding hydrogens is 480 g/mol. The second-order valence-corrected chi connectivity index (χ2v) is 9.98. The first-order chi connectivity index (χ1) is 16.7. The standard InChI is InChI=1S/C27H38N4O4.ClH/c1-4-27(2,3)26(35)31-13-7-10-23(31)25(34)30-22(24(33)29-17-21(32)16-28)15-18-11-12-19-8-5-6-9-20(19)14-18;/h5-6,8-9,11-12,14,21-23,32H,4,7,10,13,15-17,28H2,1-3H3,(H,29,33)(H,30,34);1H/t21?,22-,23+;/m1./s1. The van der Waals surface area contributed by atoms with Crippen LogP contribution in [0.1, 0.15) is 45.6 Å². The van der Waals surface area contributed by atoms with Crippen LogP contribution in [-0.4, -0.2) is 65.5 Å². The highest BCUT2D eigenvalue weighted by molar-refractivity contribution is 5.93. The average Bonchev–Trinajstić information content (AvgIpc) is 3.36. The summed E-state index contributed by atoms with van der Waals surface area (Å²) >= 11 is 0. The van der Waals surface area contributed by atoms with Crippen LogP contribution in [-0.2, 0) is 20.8 Å². The van der Waals surface area contributed by atoms with E-state index in [0.29, 0.717) is 19.4 Å². The van der Waals surface area contributed by atoms with Crippen LogP contribution in [0.4, 0.5) is 0 Å². The van der Waals surface area contributed by atoms with E-state index in [1.807, 2.05) is 63.2 Å². The van der Waals surface area contributed by atoms with Gasteiger partial charge in [0, 0.05) is 31.5 Å². The molecule has 1 aliphatic heterocycles. The SMILES string of the molecule is CCC(C)(C)C(=O)N1CCC[C@H]1C(=O)N[C@H](Cc1ccc2ccccc2c1)C(=O)NCC(O)CN.Cl. The molecule has 0 radical (unpaired) electrons. The molecule has 1 fully saturated rings. The van der Waals surface area contributed by atoms with Crippen molar-refractivity contribution in [3.8, 4) is 0 Å². The van der Waals surface area contributed by atoms with E-state index in [-0.39, 0.29) is 43.7 Å². The van der Waals surface area contributed by atoms with E-state index in [1.54, 1.807) is 4.90 Å². The third kappa shape index (κ3) is 7.18. The Morgan fingerprint density at radius 1 is 1.17 bits per heavy atom. The van der Waals surface area contributed by atoms with Gasteiger partial charge < -0.3 is 26.4 Å². The number of likely N-dealkylation sites (tertiary alicyclic amines) is 1. The van der Waals surface area contributed by atoms with Crippen LogP contribution in [0.2, 0.25) is 0 Å². The number of halogens is 1. The summed E-state index contributed by atoms with van der Waals surface area (Å²) in [6.07, 6.45) is 1.40. The Labute approximate surface area is 219 Å². The number of nitrogens with zero attached hydrogens (tertiary/aromatic N) is 1. The maximum absolute atomic E-state index is 13.3. The van der Waals surface area contributed by atoms with Gasteiger partial charge in [0.05, 0.1) is 6.10 Å². The molecule has 5 N–H and O–H groups in total. The summed E-state index contributed by atoms with van der Waals surface area (Å²) in [4.78, 5) is 41.1. The van der Waals surface area contributed by atoms with Crippen molar-refractivity contribution in [2.75, 3.05) is 19.6 Å². The molecule has 1 saturated heterocycles. The number of carbonyl (C=O) groups excluding carboxylic acids is 3. The minimum absolute atomic E-state index is 0. The van der Waals surface area contributed by atoms with Gasteiger partial charge in [0.2, 0.25) is 17.7 Å². The minimum atomic E-state index is -0.866. The maximum Gasteiger partial charge on any atom is 0.243 e. The van der Waals surface area contributed by atoms with Crippen molar-refractivity contribution in [1.82, 2.24) is 15.5 Å². The predicted octanol–water partition coefficient (Wildman–Crippen LogP) is 2.15. The van der Waals surface area contributed by atoms with Crippen LogP contribution in [0.15, 0.2) is 42.5 Å². The molecule has 198 valence electrons. The molecule has 3 atom stereocenters. The highest BCUT2D eigenvalue weighted by Crippen LogP contribution is 2.28. The Bertz CT molecular complexity index is 1060. The zero-order chi connectivity index (χ0) is 25.6. The first-order valence-corrected chi connectivity index (χ1v) is 12.4. The van der Waals surface area contributed by atoms with Gasteiger partial charge in [0.25, 0.3) is 0 Å². The second kappa shape index (κ2) is 13.0. The highest BCUT2D eigenvalue weighted by atomic mass is 35.5. The van der Waals surface area contributed by atoms with Crippen molar-refractivity contribution in [2.45, 2.75) is 64.6 Å². The van der Waals surface area contributed by atoms with Gasteiger partial charge in [-0.15, -0.1) is 12.4 Å². The van der Waals surface area contributed by atoms with Crippen LogP contribution < -0.4 is 16.4 Å². The fourth-order valence-electron chi connectivity index (χ4n) is 4.33. The summed E-state index contributed by atoms with van der Waals surface area (Å²) < 4.78 is 0. The smallest absolute Gasteiger partial charge is 0.243 e. The number of hydrogen-bond acceptors (Lipinski definition) is 5. The minimum Gasteiger partial charge on any atom is -0.390 e. The van der Waals surface area contributed by atoms with Gasteiger partial charge in [-0.1, -0.05) is 63.2 Å². The van der Waals surface area contributed by atoms with Crippen LogP contribution in [0.5, 0.6) is 0 Å². The number of benzene rings is 2. The van der Waals surface area contributed by atoms with Crippen molar-refractivity contribution in [3.05, 3.63) is 48.0 Å². The molecule has 9 heteroatoms. The van der Waals surface area contributed by atoms with E-state index in [9.17, 15) is 19.5 Å². The van der Waals surface area contributed by atoms with E-state index < -0.39 is 29.5 Å². The van der Waals surface area contributed by atoms with E-state index in [2.05, 4.69) is 10.6 Å². The van der Waals surface area contributed by atoms with Crippen LogP contribution in [0, 0.1) is 5.41 Å². The molecule has 0 aliphatic carbocycles. The Morgan fingerprint density at radius 2 is 1.86 bits per heavy atom. The Balaban J connectivity index is 0.00000456. The molecule has 0 aromatic heterocycles. The first kappa shape index (κ1) is 29.5. The van der Waals surface area contributed by atoms with E-state index in [0.717, 1.165) is 22.8 Å². The van der Waals surface area contributed by atoms with E-state index >= 15 is 0 Å². The third-order valence-electron chi connectivity index (χ3n) is 6.95. The summed E-state index contributed by atoms with van der Waals surface area (Å²) in [5.74, 6) is -0.772.